The van der Waals surface area contributed by atoms with E-state index in [4.69, 9.17) is 4.98 Å². The van der Waals surface area contributed by atoms with E-state index in [1.807, 2.05) is 58.8 Å². The standard InChI is InChI=1S/C31H27N5O3S/c37-30(34-17-15-32-16-18-34)24-13-11-22(12-14-24)20-35(29-10-4-6-23-5-1-2-9-27(23)29)31-33-28(21-40-31)25-7-3-8-26(19-25)36(38)39/h1-14,19,21,32H,15-18,20H2. The molecule has 200 valence electrons. The van der Waals surface area contributed by atoms with Crippen molar-refractivity contribution in [2.24, 2.45) is 0 Å². The molecular formula is C31H27N5O3S. The summed E-state index contributed by atoms with van der Waals surface area (Å²) in [4.78, 5) is 32.9. The fourth-order valence-corrected chi connectivity index (χ4v) is 5.83. The van der Waals surface area contributed by atoms with Crippen LogP contribution in [-0.4, -0.2) is 46.9 Å². The number of carbonyl (C=O) groups is 1. The molecule has 40 heavy (non-hydrogen) atoms. The summed E-state index contributed by atoms with van der Waals surface area (Å²) < 4.78 is 0. The Hall–Kier alpha value is -4.60. The van der Waals surface area contributed by atoms with Crippen molar-refractivity contribution in [1.82, 2.24) is 15.2 Å². The lowest BCUT2D eigenvalue weighted by Gasteiger charge is -2.27. The molecule has 0 saturated carbocycles. The van der Waals surface area contributed by atoms with Crippen molar-refractivity contribution < 1.29 is 9.72 Å². The van der Waals surface area contributed by atoms with Gasteiger partial charge in [-0.1, -0.05) is 60.7 Å². The minimum atomic E-state index is -0.393. The van der Waals surface area contributed by atoms with E-state index >= 15 is 0 Å². The smallest absolute Gasteiger partial charge is 0.270 e. The van der Waals surface area contributed by atoms with E-state index < -0.39 is 4.92 Å². The molecule has 0 unspecified atom stereocenters. The fourth-order valence-electron chi connectivity index (χ4n) is 4.98. The van der Waals surface area contributed by atoms with Gasteiger partial charge in [-0.3, -0.25) is 14.9 Å². The molecule has 0 spiro atoms. The molecule has 9 heteroatoms. The van der Waals surface area contributed by atoms with Crippen LogP contribution < -0.4 is 10.2 Å². The Bertz CT molecular complexity index is 1670. The van der Waals surface area contributed by atoms with Gasteiger partial charge in [-0.2, -0.15) is 0 Å². The Kier molecular flexibility index (Phi) is 7.22. The third-order valence-electron chi connectivity index (χ3n) is 7.08. The van der Waals surface area contributed by atoms with Crippen molar-refractivity contribution in [3.05, 3.63) is 118 Å². The molecule has 1 fully saturated rings. The summed E-state index contributed by atoms with van der Waals surface area (Å²) in [7, 11) is 0. The first-order chi connectivity index (χ1) is 19.6. The molecule has 4 aromatic carbocycles. The topological polar surface area (TPSA) is 91.6 Å². The number of hydrogen-bond acceptors (Lipinski definition) is 7. The van der Waals surface area contributed by atoms with E-state index in [0.717, 1.165) is 40.2 Å². The van der Waals surface area contributed by atoms with E-state index in [9.17, 15) is 14.9 Å². The fraction of sp³-hybridized carbons (Fsp3) is 0.161. The van der Waals surface area contributed by atoms with Gasteiger partial charge in [-0.05, 0) is 29.1 Å². The SMILES string of the molecule is O=C(c1ccc(CN(c2nc(-c3cccc([N+](=O)[O-])c3)cs2)c2cccc3ccccc23)cc1)N1CCNCC1. The second-order valence-electron chi connectivity index (χ2n) is 9.65. The first-order valence-electron chi connectivity index (χ1n) is 13.1. The molecule has 6 rings (SSSR count). The maximum absolute atomic E-state index is 13.0. The summed E-state index contributed by atoms with van der Waals surface area (Å²) in [5, 5.41) is 19.5. The number of rotatable bonds is 7. The number of nitro benzene ring substituents is 1. The number of aromatic nitrogens is 1. The first-order valence-corrected chi connectivity index (χ1v) is 14.0. The molecule has 1 aliphatic rings. The van der Waals surface area contributed by atoms with Crippen LogP contribution in [0.3, 0.4) is 0 Å². The lowest BCUT2D eigenvalue weighted by atomic mass is 10.1. The van der Waals surface area contributed by atoms with E-state index in [-0.39, 0.29) is 11.6 Å². The van der Waals surface area contributed by atoms with Gasteiger partial charge < -0.3 is 15.1 Å². The zero-order valence-corrected chi connectivity index (χ0v) is 22.5. The van der Waals surface area contributed by atoms with Gasteiger partial charge in [0.15, 0.2) is 5.13 Å². The number of thiazole rings is 1. The molecular weight excluding hydrogens is 522 g/mol. The lowest BCUT2D eigenvalue weighted by molar-refractivity contribution is -0.384. The number of nitrogens with zero attached hydrogens (tertiary/aromatic N) is 4. The average Bonchev–Trinajstić information content (AvgIpc) is 3.50. The maximum atomic E-state index is 13.0. The van der Waals surface area contributed by atoms with Crippen LogP contribution in [0, 0.1) is 10.1 Å². The van der Waals surface area contributed by atoms with Crippen molar-refractivity contribution in [2.75, 3.05) is 31.1 Å². The molecule has 0 aliphatic carbocycles. The molecule has 0 bridgehead atoms. The van der Waals surface area contributed by atoms with Gasteiger partial charge in [0.1, 0.15) is 0 Å². The van der Waals surface area contributed by atoms with Crippen LogP contribution in [0.25, 0.3) is 22.0 Å². The van der Waals surface area contributed by atoms with Crippen LogP contribution in [0.5, 0.6) is 0 Å². The Morgan fingerprint density at radius 3 is 2.52 bits per heavy atom. The second kappa shape index (κ2) is 11.3. The monoisotopic (exact) mass is 549 g/mol. The Labute approximate surface area is 235 Å². The van der Waals surface area contributed by atoms with Gasteiger partial charge in [0.05, 0.1) is 22.8 Å². The van der Waals surface area contributed by atoms with E-state index in [2.05, 4.69) is 34.5 Å². The Morgan fingerprint density at radius 2 is 1.73 bits per heavy atom. The van der Waals surface area contributed by atoms with Crippen LogP contribution in [0.15, 0.2) is 96.4 Å². The molecule has 0 atom stereocenters. The number of anilines is 2. The van der Waals surface area contributed by atoms with Gasteiger partial charge in [0.25, 0.3) is 11.6 Å². The number of hydrogen-bond donors (Lipinski definition) is 1. The van der Waals surface area contributed by atoms with Crippen LogP contribution in [0.4, 0.5) is 16.5 Å². The lowest BCUT2D eigenvalue weighted by Crippen LogP contribution is -2.46. The molecule has 8 nitrogen and oxygen atoms in total. The number of carbonyl (C=O) groups excluding carboxylic acids is 1. The van der Waals surface area contributed by atoms with Crippen molar-refractivity contribution in [2.45, 2.75) is 6.54 Å². The summed E-state index contributed by atoms with van der Waals surface area (Å²) in [6, 6.07) is 28.8. The quantitative estimate of drug-likeness (QED) is 0.190. The summed E-state index contributed by atoms with van der Waals surface area (Å²) in [6.45, 7) is 3.60. The number of nitro groups is 1. The normalized spacial score (nSPS) is 13.3. The average molecular weight is 550 g/mol. The van der Waals surface area contributed by atoms with E-state index in [1.165, 1.54) is 17.4 Å². The summed E-state index contributed by atoms with van der Waals surface area (Å²) in [5.74, 6) is 0.0560. The Balaban J connectivity index is 1.34. The van der Waals surface area contributed by atoms with Crippen LogP contribution in [0.2, 0.25) is 0 Å². The zero-order valence-electron chi connectivity index (χ0n) is 21.7. The van der Waals surface area contributed by atoms with Gasteiger partial charge in [-0.15, -0.1) is 11.3 Å². The zero-order chi connectivity index (χ0) is 27.5. The summed E-state index contributed by atoms with van der Waals surface area (Å²) in [6.07, 6.45) is 0. The highest BCUT2D eigenvalue weighted by Crippen LogP contribution is 2.37. The van der Waals surface area contributed by atoms with Crippen LogP contribution in [-0.2, 0) is 6.54 Å². The molecule has 1 aliphatic heterocycles. The number of piperazine rings is 1. The predicted molar refractivity (Wildman–Crippen MR) is 159 cm³/mol. The van der Waals surface area contributed by atoms with Gasteiger partial charge in [-0.25, -0.2) is 4.98 Å². The van der Waals surface area contributed by atoms with Gasteiger partial charge in [0, 0.05) is 60.2 Å². The van der Waals surface area contributed by atoms with E-state index in [0.29, 0.717) is 36.5 Å². The molecule has 1 N–H and O–H groups in total. The number of amides is 1. The third-order valence-corrected chi connectivity index (χ3v) is 7.94. The minimum absolute atomic E-state index is 0.0356. The van der Waals surface area contributed by atoms with Crippen molar-refractivity contribution in [1.29, 1.82) is 0 Å². The number of nitrogens with one attached hydrogen (secondary N) is 1. The third kappa shape index (κ3) is 5.29. The van der Waals surface area contributed by atoms with Gasteiger partial charge in [0.2, 0.25) is 0 Å². The molecule has 0 radical (unpaired) electrons. The van der Waals surface area contributed by atoms with Crippen molar-refractivity contribution in [3.8, 4) is 11.3 Å². The Morgan fingerprint density at radius 1 is 0.975 bits per heavy atom. The highest BCUT2D eigenvalue weighted by Gasteiger charge is 2.20. The van der Waals surface area contributed by atoms with Gasteiger partial charge >= 0.3 is 0 Å². The maximum Gasteiger partial charge on any atom is 0.270 e. The van der Waals surface area contributed by atoms with E-state index in [1.54, 1.807) is 12.1 Å². The summed E-state index contributed by atoms with van der Waals surface area (Å²) in [5.41, 5.74) is 4.16. The predicted octanol–water partition coefficient (Wildman–Crippen LogP) is 6.26. The van der Waals surface area contributed by atoms with Crippen LogP contribution in [0.1, 0.15) is 15.9 Å². The van der Waals surface area contributed by atoms with Crippen LogP contribution >= 0.6 is 11.3 Å². The summed E-state index contributed by atoms with van der Waals surface area (Å²) >= 11 is 1.49. The van der Waals surface area contributed by atoms with Crippen molar-refractivity contribution >= 4 is 44.5 Å². The first kappa shape index (κ1) is 25.7. The molecule has 1 saturated heterocycles. The molecule has 1 amide bonds. The highest BCUT2D eigenvalue weighted by molar-refractivity contribution is 7.14. The molecule has 2 heterocycles. The molecule has 1 aromatic heterocycles. The number of fused-ring (bicyclic) bond motifs is 1. The largest absolute Gasteiger partial charge is 0.336 e. The van der Waals surface area contributed by atoms with Crippen molar-refractivity contribution in [3.63, 3.8) is 0 Å². The highest BCUT2D eigenvalue weighted by atomic mass is 32.1. The number of non-ortho nitro benzene ring substituents is 1. The minimum Gasteiger partial charge on any atom is -0.336 e. The second-order valence-corrected chi connectivity index (χ2v) is 10.5. The molecule has 5 aromatic rings. The number of benzene rings is 4.